The van der Waals surface area contributed by atoms with Crippen molar-refractivity contribution in [3.8, 4) is 0 Å². The maximum Gasteiger partial charge on any atom is 0.312 e. The normalized spacial score (nSPS) is 39.9. The van der Waals surface area contributed by atoms with Crippen LogP contribution in [0.1, 0.15) is 32.6 Å². The van der Waals surface area contributed by atoms with E-state index in [1.54, 1.807) is 0 Å². The van der Waals surface area contributed by atoms with Crippen molar-refractivity contribution < 1.29 is 4.79 Å². The van der Waals surface area contributed by atoms with E-state index in [4.69, 9.17) is 0 Å². The van der Waals surface area contributed by atoms with Crippen LogP contribution in [0.4, 0.5) is 0 Å². The minimum absolute atomic E-state index is 0.288. The number of amides is 1. The van der Waals surface area contributed by atoms with Crippen LogP contribution in [0, 0.1) is 5.92 Å². The van der Waals surface area contributed by atoms with Crippen molar-refractivity contribution in [3.05, 3.63) is 0 Å². The molecule has 61 valence electrons. The predicted molar refractivity (Wildman–Crippen MR) is 42.8 cm³/mol. The number of nitrogens with zero attached hydrogens (tertiary/aromatic N) is 1. The molecular formula is C9H14NO. The minimum Gasteiger partial charge on any atom is -0.329 e. The van der Waals surface area contributed by atoms with Crippen molar-refractivity contribution in [3.63, 3.8) is 0 Å². The second-order valence-electron chi connectivity index (χ2n) is 3.73. The lowest BCUT2D eigenvalue weighted by molar-refractivity contribution is 0.274. The first-order valence-electron chi connectivity index (χ1n) is 4.49. The average Bonchev–Trinajstić information content (AvgIpc) is 2.57. The molecule has 2 unspecified atom stereocenters. The Kier molecular flexibility index (Phi) is 1.44. The molecule has 1 radical (unpaired) electrons. The van der Waals surface area contributed by atoms with Gasteiger partial charge in [-0.2, -0.15) is 0 Å². The Labute approximate surface area is 67.6 Å². The Morgan fingerprint density at radius 3 is 2.91 bits per heavy atom. The van der Waals surface area contributed by atoms with Gasteiger partial charge < -0.3 is 4.90 Å². The summed E-state index contributed by atoms with van der Waals surface area (Å²) in [5, 5.41) is 0. The summed E-state index contributed by atoms with van der Waals surface area (Å²) in [5.74, 6) is 0.823. The van der Waals surface area contributed by atoms with Gasteiger partial charge in [-0.05, 0) is 32.1 Å². The first-order valence-corrected chi connectivity index (χ1v) is 4.49. The summed E-state index contributed by atoms with van der Waals surface area (Å²) in [6.45, 7) is 2.87. The topological polar surface area (TPSA) is 20.3 Å². The molecule has 11 heavy (non-hydrogen) atoms. The molecule has 2 atom stereocenters. The Morgan fingerprint density at radius 2 is 2.55 bits per heavy atom. The van der Waals surface area contributed by atoms with Gasteiger partial charge in [-0.1, -0.05) is 6.42 Å². The molecule has 2 saturated carbocycles. The van der Waals surface area contributed by atoms with Gasteiger partial charge in [0.2, 0.25) is 0 Å². The van der Waals surface area contributed by atoms with Crippen molar-refractivity contribution in [2.45, 2.75) is 38.1 Å². The lowest BCUT2D eigenvalue weighted by atomic mass is 10.2. The SMILES string of the molecule is CCN([C]=O)C12CCCC1C2. The Bertz CT molecular complexity index is 180. The summed E-state index contributed by atoms with van der Waals surface area (Å²) in [7, 11) is 0. The van der Waals surface area contributed by atoms with E-state index in [1.165, 1.54) is 25.7 Å². The predicted octanol–water partition coefficient (Wildman–Crippen LogP) is 1.32. The van der Waals surface area contributed by atoms with Crippen LogP contribution >= 0.6 is 0 Å². The van der Waals surface area contributed by atoms with Gasteiger partial charge in [0.1, 0.15) is 0 Å². The highest BCUT2D eigenvalue weighted by Crippen LogP contribution is 2.58. The minimum atomic E-state index is 0.288. The van der Waals surface area contributed by atoms with E-state index < -0.39 is 0 Å². The first-order chi connectivity index (χ1) is 5.33. The molecular weight excluding hydrogens is 138 g/mol. The van der Waals surface area contributed by atoms with E-state index >= 15 is 0 Å². The van der Waals surface area contributed by atoms with Crippen molar-refractivity contribution in [1.29, 1.82) is 0 Å². The standard InChI is InChI=1S/C9H14NO/c1-2-10(7-11)9-5-3-4-8(9)6-9/h8H,2-6H2,1H3. The molecule has 2 rings (SSSR count). The molecule has 0 aromatic carbocycles. The molecule has 1 amide bonds. The molecule has 0 aliphatic heterocycles. The number of rotatable bonds is 3. The molecule has 0 heterocycles. The monoisotopic (exact) mass is 152 g/mol. The highest BCUT2D eigenvalue weighted by molar-refractivity contribution is 5.52. The Morgan fingerprint density at radius 1 is 1.73 bits per heavy atom. The van der Waals surface area contributed by atoms with Crippen LogP contribution in [0.25, 0.3) is 0 Å². The zero-order valence-corrected chi connectivity index (χ0v) is 6.97. The number of hydrogen-bond donors (Lipinski definition) is 0. The maximum absolute atomic E-state index is 10.6. The molecule has 2 aliphatic carbocycles. The fraction of sp³-hybridized carbons (Fsp3) is 0.889. The Balaban J connectivity index is 2.08. The van der Waals surface area contributed by atoms with Gasteiger partial charge in [-0.3, -0.25) is 4.79 Å². The van der Waals surface area contributed by atoms with E-state index in [9.17, 15) is 4.79 Å². The fourth-order valence-electron chi connectivity index (χ4n) is 2.64. The third kappa shape index (κ3) is 0.815. The van der Waals surface area contributed by atoms with E-state index in [0.717, 1.165) is 12.5 Å². The maximum atomic E-state index is 10.6. The molecule has 0 aromatic heterocycles. The van der Waals surface area contributed by atoms with Crippen LogP contribution in [0.15, 0.2) is 0 Å². The van der Waals surface area contributed by atoms with E-state index in [2.05, 4.69) is 6.41 Å². The van der Waals surface area contributed by atoms with Crippen LogP contribution in [0.2, 0.25) is 0 Å². The zero-order chi connectivity index (χ0) is 7.90. The molecule has 0 spiro atoms. The molecule has 0 saturated heterocycles. The van der Waals surface area contributed by atoms with Gasteiger partial charge in [-0.15, -0.1) is 0 Å². The molecule has 2 nitrogen and oxygen atoms in total. The van der Waals surface area contributed by atoms with Gasteiger partial charge in [0.25, 0.3) is 0 Å². The van der Waals surface area contributed by atoms with Crippen LogP contribution in [0.5, 0.6) is 0 Å². The summed E-state index contributed by atoms with van der Waals surface area (Å²) >= 11 is 0. The van der Waals surface area contributed by atoms with Gasteiger partial charge in [0.05, 0.1) is 0 Å². The van der Waals surface area contributed by atoms with Crippen LogP contribution < -0.4 is 0 Å². The molecule has 0 bridgehead atoms. The van der Waals surface area contributed by atoms with Crippen molar-refractivity contribution in [1.82, 2.24) is 4.90 Å². The fourth-order valence-corrected chi connectivity index (χ4v) is 2.64. The zero-order valence-electron chi connectivity index (χ0n) is 6.97. The highest BCUT2D eigenvalue weighted by Gasteiger charge is 2.60. The summed E-state index contributed by atoms with van der Waals surface area (Å²) in [5.41, 5.74) is 0.288. The van der Waals surface area contributed by atoms with E-state index in [-0.39, 0.29) is 5.54 Å². The summed E-state index contributed by atoms with van der Waals surface area (Å²) in [6, 6.07) is 0. The smallest absolute Gasteiger partial charge is 0.312 e. The number of carbonyl (C=O) groups excluding carboxylic acids is 1. The van der Waals surface area contributed by atoms with Gasteiger partial charge >= 0.3 is 6.41 Å². The third-order valence-corrected chi connectivity index (χ3v) is 3.33. The largest absolute Gasteiger partial charge is 0.329 e. The van der Waals surface area contributed by atoms with Gasteiger partial charge in [-0.25, -0.2) is 0 Å². The molecule has 0 N–H and O–H groups in total. The van der Waals surface area contributed by atoms with E-state index in [1.807, 2.05) is 11.8 Å². The van der Waals surface area contributed by atoms with Crippen LogP contribution in [0.3, 0.4) is 0 Å². The Hall–Kier alpha value is -0.530. The first kappa shape index (κ1) is 7.14. The van der Waals surface area contributed by atoms with Crippen LogP contribution in [-0.2, 0) is 4.79 Å². The summed E-state index contributed by atoms with van der Waals surface area (Å²) < 4.78 is 0. The average molecular weight is 152 g/mol. The molecule has 0 aromatic rings. The third-order valence-electron chi connectivity index (χ3n) is 3.33. The summed E-state index contributed by atoms with van der Waals surface area (Å²) in [6.07, 6.45) is 7.17. The second-order valence-corrected chi connectivity index (χ2v) is 3.73. The van der Waals surface area contributed by atoms with Crippen molar-refractivity contribution in [2.75, 3.05) is 6.54 Å². The number of fused-ring (bicyclic) bond motifs is 1. The lowest BCUT2D eigenvalue weighted by Crippen LogP contribution is -2.35. The lowest BCUT2D eigenvalue weighted by Gasteiger charge is -2.24. The van der Waals surface area contributed by atoms with Crippen molar-refractivity contribution in [2.24, 2.45) is 5.92 Å². The van der Waals surface area contributed by atoms with Gasteiger partial charge in [0.15, 0.2) is 0 Å². The van der Waals surface area contributed by atoms with Crippen molar-refractivity contribution >= 4 is 6.41 Å². The molecule has 2 fully saturated rings. The van der Waals surface area contributed by atoms with E-state index in [0.29, 0.717) is 0 Å². The van der Waals surface area contributed by atoms with Crippen LogP contribution in [-0.4, -0.2) is 23.4 Å². The van der Waals surface area contributed by atoms with Gasteiger partial charge in [0, 0.05) is 12.1 Å². The second kappa shape index (κ2) is 2.23. The molecule has 2 heteroatoms. The number of hydrogen-bond acceptors (Lipinski definition) is 1. The highest BCUT2D eigenvalue weighted by atomic mass is 16.1. The molecule has 2 aliphatic rings. The summed E-state index contributed by atoms with van der Waals surface area (Å²) in [4.78, 5) is 12.4. The quantitative estimate of drug-likeness (QED) is 0.558.